The van der Waals surface area contributed by atoms with Crippen molar-refractivity contribution in [2.75, 3.05) is 0 Å². The standard InChI is InChI=1S/C20H24N2O2S/c23-15-10-14(11-15)18(9-13-5-7-21-8-6-13)22-20(24)17-12-25-19-4-2-1-3-16(17)19/h5-8,12,14-15,18,23H,1-4,9-11H2,(H,22,24). The maximum Gasteiger partial charge on any atom is 0.252 e. The smallest absolute Gasteiger partial charge is 0.252 e. The van der Waals surface area contributed by atoms with Gasteiger partial charge in [-0.15, -0.1) is 11.3 Å². The molecule has 2 aliphatic rings. The number of hydrogen-bond donors (Lipinski definition) is 2. The van der Waals surface area contributed by atoms with Crippen molar-refractivity contribution in [2.45, 2.75) is 57.1 Å². The molecule has 0 bridgehead atoms. The van der Waals surface area contributed by atoms with Crippen LogP contribution >= 0.6 is 11.3 Å². The summed E-state index contributed by atoms with van der Waals surface area (Å²) in [5.41, 5.74) is 3.32. The van der Waals surface area contributed by atoms with E-state index in [9.17, 15) is 9.90 Å². The lowest BCUT2D eigenvalue weighted by molar-refractivity contribution is 0.0239. The van der Waals surface area contributed by atoms with Gasteiger partial charge in [0, 0.05) is 28.7 Å². The number of nitrogens with zero attached hydrogens (tertiary/aromatic N) is 1. The van der Waals surface area contributed by atoms with Gasteiger partial charge in [0.15, 0.2) is 0 Å². The summed E-state index contributed by atoms with van der Waals surface area (Å²) in [4.78, 5) is 18.4. The van der Waals surface area contributed by atoms with Crippen LogP contribution in [0, 0.1) is 5.92 Å². The third-order valence-electron chi connectivity index (χ3n) is 5.55. The van der Waals surface area contributed by atoms with Gasteiger partial charge < -0.3 is 10.4 Å². The van der Waals surface area contributed by atoms with E-state index in [0.29, 0.717) is 5.92 Å². The second-order valence-corrected chi connectivity index (χ2v) is 8.25. The molecule has 2 aromatic rings. The summed E-state index contributed by atoms with van der Waals surface area (Å²) >= 11 is 1.73. The van der Waals surface area contributed by atoms with Crippen molar-refractivity contribution in [3.63, 3.8) is 0 Å². The summed E-state index contributed by atoms with van der Waals surface area (Å²) in [6, 6.07) is 4.07. The molecule has 5 heteroatoms. The Kier molecular flexibility index (Phi) is 4.86. The fourth-order valence-corrected chi connectivity index (χ4v) is 5.12. The van der Waals surface area contributed by atoms with Crippen LogP contribution < -0.4 is 5.32 Å². The Balaban J connectivity index is 1.50. The van der Waals surface area contributed by atoms with Gasteiger partial charge in [0.05, 0.1) is 11.7 Å². The third kappa shape index (κ3) is 3.62. The monoisotopic (exact) mass is 356 g/mol. The van der Waals surface area contributed by atoms with E-state index >= 15 is 0 Å². The lowest BCUT2D eigenvalue weighted by atomic mass is 9.75. The summed E-state index contributed by atoms with van der Waals surface area (Å²) in [6.45, 7) is 0. The van der Waals surface area contributed by atoms with Gasteiger partial charge in [-0.1, -0.05) is 0 Å². The van der Waals surface area contributed by atoms with Crippen molar-refractivity contribution < 1.29 is 9.90 Å². The summed E-state index contributed by atoms with van der Waals surface area (Å²) in [6.07, 6.45) is 10.3. The van der Waals surface area contributed by atoms with Gasteiger partial charge >= 0.3 is 0 Å². The summed E-state index contributed by atoms with van der Waals surface area (Å²) in [7, 11) is 0. The zero-order valence-corrected chi connectivity index (χ0v) is 15.1. The molecule has 0 aliphatic heterocycles. The molecule has 0 spiro atoms. The first-order valence-corrected chi connectivity index (χ1v) is 10.1. The highest BCUT2D eigenvalue weighted by atomic mass is 32.1. The minimum absolute atomic E-state index is 0.0554. The SMILES string of the molecule is O=C(NC(Cc1ccncc1)C1CC(O)C1)c1csc2c1CCCC2. The Hall–Kier alpha value is -1.72. The highest BCUT2D eigenvalue weighted by Crippen LogP contribution is 2.33. The predicted octanol–water partition coefficient (Wildman–Crippen LogP) is 3.13. The largest absolute Gasteiger partial charge is 0.393 e. The third-order valence-corrected chi connectivity index (χ3v) is 6.63. The number of hydrogen-bond acceptors (Lipinski definition) is 4. The molecule has 1 fully saturated rings. The molecule has 132 valence electrons. The number of aromatic nitrogens is 1. The molecule has 1 amide bonds. The summed E-state index contributed by atoms with van der Waals surface area (Å²) < 4.78 is 0. The van der Waals surface area contributed by atoms with Gasteiger partial charge in [-0.25, -0.2) is 0 Å². The number of carbonyl (C=O) groups is 1. The zero-order valence-electron chi connectivity index (χ0n) is 14.3. The van der Waals surface area contributed by atoms with Crippen molar-refractivity contribution in [1.29, 1.82) is 0 Å². The maximum atomic E-state index is 12.9. The topological polar surface area (TPSA) is 62.2 Å². The molecule has 2 aliphatic carbocycles. The molecule has 1 saturated carbocycles. The number of amides is 1. The van der Waals surface area contributed by atoms with Crippen LogP contribution in [0.1, 0.15) is 52.0 Å². The van der Waals surface area contributed by atoms with E-state index in [1.807, 2.05) is 17.5 Å². The Morgan fingerprint density at radius 3 is 2.80 bits per heavy atom. The lowest BCUT2D eigenvalue weighted by Crippen LogP contribution is -2.48. The van der Waals surface area contributed by atoms with Crippen LogP contribution in [0.4, 0.5) is 0 Å². The Labute approximate surface area is 152 Å². The Morgan fingerprint density at radius 2 is 2.04 bits per heavy atom. The summed E-state index contributed by atoms with van der Waals surface area (Å²) in [5, 5.41) is 15.0. The van der Waals surface area contributed by atoms with Gasteiger partial charge in [-0.05, 0) is 74.1 Å². The van der Waals surface area contributed by atoms with Crippen molar-refractivity contribution >= 4 is 17.2 Å². The number of aliphatic hydroxyl groups excluding tert-OH is 1. The van der Waals surface area contributed by atoms with Crippen molar-refractivity contribution in [3.8, 4) is 0 Å². The van der Waals surface area contributed by atoms with E-state index < -0.39 is 0 Å². The number of pyridine rings is 1. The first-order valence-electron chi connectivity index (χ1n) is 9.18. The molecule has 0 saturated heterocycles. The van der Waals surface area contributed by atoms with E-state index in [4.69, 9.17) is 0 Å². The predicted molar refractivity (Wildman–Crippen MR) is 98.9 cm³/mol. The normalized spacial score (nSPS) is 23.4. The van der Waals surface area contributed by atoms with Crippen molar-refractivity contribution in [2.24, 2.45) is 5.92 Å². The fraction of sp³-hybridized carbons (Fsp3) is 0.500. The molecule has 2 N–H and O–H groups in total. The quantitative estimate of drug-likeness (QED) is 0.865. The molecular weight excluding hydrogens is 332 g/mol. The fourth-order valence-electron chi connectivity index (χ4n) is 4.00. The van der Waals surface area contributed by atoms with Gasteiger partial charge in [-0.3, -0.25) is 9.78 Å². The van der Waals surface area contributed by atoms with Crippen LogP contribution in [0.2, 0.25) is 0 Å². The number of aryl methyl sites for hydroxylation is 1. The van der Waals surface area contributed by atoms with E-state index in [-0.39, 0.29) is 18.1 Å². The minimum Gasteiger partial charge on any atom is -0.393 e. The molecule has 25 heavy (non-hydrogen) atoms. The maximum absolute atomic E-state index is 12.9. The van der Waals surface area contributed by atoms with E-state index in [0.717, 1.165) is 37.7 Å². The molecule has 4 nitrogen and oxygen atoms in total. The van der Waals surface area contributed by atoms with Crippen molar-refractivity contribution in [1.82, 2.24) is 10.3 Å². The summed E-state index contributed by atoms with van der Waals surface area (Å²) in [5.74, 6) is 0.404. The molecule has 1 unspecified atom stereocenters. The van der Waals surface area contributed by atoms with Gasteiger partial charge in [0.1, 0.15) is 0 Å². The first kappa shape index (κ1) is 16.7. The van der Waals surface area contributed by atoms with Crippen LogP contribution in [0.15, 0.2) is 29.9 Å². The Morgan fingerprint density at radius 1 is 1.28 bits per heavy atom. The number of fused-ring (bicyclic) bond motifs is 1. The van der Waals surface area contributed by atoms with Crippen LogP contribution in [-0.2, 0) is 19.3 Å². The van der Waals surface area contributed by atoms with Gasteiger partial charge in [0.25, 0.3) is 5.91 Å². The molecule has 0 aromatic carbocycles. The first-order chi connectivity index (χ1) is 12.2. The average Bonchev–Trinajstić information content (AvgIpc) is 3.03. The number of nitrogens with one attached hydrogen (secondary N) is 1. The lowest BCUT2D eigenvalue weighted by Gasteiger charge is -2.38. The molecule has 0 radical (unpaired) electrons. The van der Waals surface area contributed by atoms with Crippen molar-refractivity contribution in [3.05, 3.63) is 51.5 Å². The second-order valence-electron chi connectivity index (χ2n) is 7.28. The molecule has 4 rings (SSSR count). The van der Waals surface area contributed by atoms with Crippen LogP contribution in [-0.4, -0.2) is 28.1 Å². The highest BCUT2D eigenvalue weighted by molar-refractivity contribution is 7.10. The zero-order chi connectivity index (χ0) is 17.2. The second kappa shape index (κ2) is 7.26. The molecule has 2 heterocycles. The number of carbonyl (C=O) groups excluding carboxylic acids is 1. The Bertz CT molecular complexity index is 737. The van der Waals surface area contributed by atoms with E-state index in [1.54, 1.807) is 23.7 Å². The van der Waals surface area contributed by atoms with Crippen LogP contribution in [0.25, 0.3) is 0 Å². The number of rotatable bonds is 5. The van der Waals surface area contributed by atoms with Gasteiger partial charge in [-0.2, -0.15) is 0 Å². The number of aliphatic hydroxyl groups is 1. The van der Waals surface area contributed by atoms with Crippen LogP contribution in [0.3, 0.4) is 0 Å². The number of thiophene rings is 1. The minimum atomic E-state index is -0.212. The van der Waals surface area contributed by atoms with E-state index in [1.165, 1.54) is 28.8 Å². The van der Waals surface area contributed by atoms with Gasteiger partial charge in [0.2, 0.25) is 0 Å². The molecule has 1 atom stereocenters. The van der Waals surface area contributed by atoms with E-state index in [2.05, 4.69) is 10.3 Å². The average molecular weight is 356 g/mol. The van der Waals surface area contributed by atoms with Crippen LogP contribution in [0.5, 0.6) is 0 Å². The molecular formula is C20H24N2O2S. The highest BCUT2D eigenvalue weighted by Gasteiger charge is 2.35. The molecule has 2 aromatic heterocycles.